The molecule has 6 nitrogen and oxygen atoms in total. The second kappa shape index (κ2) is 6.15. The summed E-state index contributed by atoms with van der Waals surface area (Å²) in [6, 6.07) is 0. The molecule has 1 amide bonds. The van der Waals surface area contributed by atoms with Gasteiger partial charge in [-0.2, -0.15) is 0 Å². The Hall–Kier alpha value is -1.73. The summed E-state index contributed by atoms with van der Waals surface area (Å²) in [6.45, 7) is 4.82. The number of aromatic nitrogens is 2. The van der Waals surface area contributed by atoms with E-state index in [0.717, 1.165) is 10.6 Å². The average Bonchev–Trinajstić information content (AvgIpc) is 2.71. The van der Waals surface area contributed by atoms with Crippen LogP contribution < -0.4 is 10.9 Å². The number of hydrogen-bond acceptors (Lipinski definition) is 5. The number of methoxy groups -OCH3 is 1. The van der Waals surface area contributed by atoms with Gasteiger partial charge in [-0.05, 0) is 20.3 Å². The van der Waals surface area contributed by atoms with Gasteiger partial charge in [0, 0.05) is 37.0 Å². The summed E-state index contributed by atoms with van der Waals surface area (Å²) < 4.78 is 6.39. The third-order valence-electron chi connectivity index (χ3n) is 3.07. The number of fused-ring (bicyclic) bond motifs is 1. The average molecular weight is 295 g/mol. The van der Waals surface area contributed by atoms with Gasteiger partial charge < -0.3 is 10.1 Å². The zero-order chi connectivity index (χ0) is 14.7. The summed E-state index contributed by atoms with van der Waals surface area (Å²) in [5.41, 5.74) is 0.582. The molecule has 0 unspecified atom stereocenters. The van der Waals surface area contributed by atoms with Gasteiger partial charge >= 0.3 is 0 Å². The fourth-order valence-electron chi connectivity index (χ4n) is 1.85. The molecule has 1 N–H and O–H groups in total. The molecule has 2 heterocycles. The van der Waals surface area contributed by atoms with Gasteiger partial charge in [0.25, 0.3) is 11.5 Å². The Morgan fingerprint density at radius 2 is 2.25 bits per heavy atom. The van der Waals surface area contributed by atoms with Crippen molar-refractivity contribution in [2.24, 2.45) is 0 Å². The highest BCUT2D eigenvalue weighted by molar-refractivity contribution is 7.17. The molecule has 2 aromatic rings. The van der Waals surface area contributed by atoms with Crippen molar-refractivity contribution in [3.8, 4) is 0 Å². The quantitative estimate of drug-likeness (QED) is 0.840. The normalized spacial score (nSPS) is 10.9. The SMILES string of the molecule is COCCCNC(=O)c1cnc2sc(C)c(C)n2c1=O. The van der Waals surface area contributed by atoms with E-state index in [2.05, 4.69) is 10.3 Å². The van der Waals surface area contributed by atoms with Crippen LogP contribution in [0.3, 0.4) is 0 Å². The van der Waals surface area contributed by atoms with Crippen LogP contribution in [0.25, 0.3) is 4.96 Å². The van der Waals surface area contributed by atoms with Gasteiger partial charge in [-0.1, -0.05) is 0 Å². The standard InChI is InChI=1S/C13H17N3O3S/c1-8-9(2)20-13-15-7-10(12(18)16(8)13)11(17)14-5-4-6-19-3/h7H,4-6H2,1-3H3,(H,14,17). The molecule has 0 atom stereocenters. The monoisotopic (exact) mass is 295 g/mol. The Morgan fingerprint density at radius 3 is 2.95 bits per heavy atom. The minimum Gasteiger partial charge on any atom is -0.385 e. The maximum absolute atomic E-state index is 12.3. The minimum absolute atomic E-state index is 0.0702. The van der Waals surface area contributed by atoms with Crippen LogP contribution in [-0.2, 0) is 4.74 Å². The van der Waals surface area contributed by atoms with Gasteiger partial charge in [0.2, 0.25) is 0 Å². The topological polar surface area (TPSA) is 72.7 Å². The van der Waals surface area contributed by atoms with E-state index < -0.39 is 5.91 Å². The number of ether oxygens (including phenoxy) is 1. The molecule has 0 radical (unpaired) electrons. The Morgan fingerprint density at radius 1 is 1.50 bits per heavy atom. The number of nitrogens with one attached hydrogen (secondary N) is 1. The van der Waals surface area contributed by atoms with Gasteiger partial charge in [-0.3, -0.25) is 14.0 Å². The lowest BCUT2D eigenvalue weighted by atomic mass is 10.3. The van der Waals surface area contributed by atoms with E-state index in [1.807, 2.05) is 13.8 Å². The van der Waals surface area contributed by atoms with Gasteiger partial charge in [-0.25, -0.2) is 4.98 Å². The number of carbonyl (C=O) groups excluding carboxylic acids is 1. The molecular weight excluding hydrogens is 278 g/mol. The van der Waals surface area contributed by atoms with Crippen molar-refractivity contribution in [2.75, 3.05) is 20.3 Å². The summed E-state index contributed by atoms with van der Waals surface area (Å²) >= 11 is 1.44. The van der Waals surface area contributed by atoms with Gasteiger partial charge in [0.05, 0.1) is 0 Å². The number of thiazole rings is 1. The second-order valence-electron chi connectivity index (χ2n) is 4.44. The predicted molar refractivity (Wildman–Crippen MR) is 77.6 cm³/mol. The van der Waals surface area contributed by atoms with Gasteiger partial charge in [0.15, 0.2) is 4.96 Å². The zero-order valence-corrected chi connectivity index (χ0v) is 12.5. The zero-order valence-electron chi connectivity index (χ0n) is 11.7. The van der Waals surface area contributed by atoms with Crippen molar-refractivity contribution in [1.29, 1.82) is 0 Å². The third kappa shape index (κ3) is 2.73. The highest BCUT2D eigenvalue weighted by Gasteiger charge is 2.16. The molecule has 0 aliphatic heterocycles. The number of carbonyl (C=O) groups is 1. The molecular formula is C13H17N3O3S. The maximum Gasteiger partial charge on any atom is 0.271 e. The molecule has 0 fully saturated rings. The molecule has 7 heteroatoms. The van der Waals surface area contributed by atoms with Gasteiger partial charge in [0.1, 0.15) is 5.56 Å². The lowest BCUT2D eigenvalue weighted by Gasteiger charge is -2.04. The number of nitrogens with zero attached hydrogens (tertiary/aromatic N) is 2. The minimum atomic E-state index is -0.392. The first kappa shape index (κ1) is 14.7. The maximum atomic E-state index is 12.3. The van der Waals surface area contributed by atoms with Gasteiger partial charge in [-0.15, -0.1) is 11.3 Å². The fraction of sp³-hybridized carbons (Fsp3) is 0.462. The number of rotatable bonds is 5. The molecule has 2 rings (SSSR count). The molecule has 0 saturated heterocycles. The lowest BCUT2D eigenvalue weighted by Crippen LogP contribution is -2.32. The summed E-state index contributed by atoms with van der Waals surface area (Å²) in [6.07, 6.45) is 2.05. The van der Waals surface area contributed by atoms with Crippen LogP contribution >= 0.6 is 11.3 Å². The van der Waals surface area contributed by atoms with Crippen molar-refractivity contribution >= 4 is 22.2 Å². The van der Waals surface area contributed by atoms with Crippen molar-refractivity contribution in [3.05, 3.63) is 32.7 Å². The molecule has 0 saturated carbocycles. The predicted octanol–water partition coefficient (Wildman–Crippen LogP) is 1.14. The first-order chi connectivity index (χ1) is 9.56. The smallest absolute Gasteiger partial charge is 0.271 e. The molecule has 0 aliphatic carbocycles. The Bertz CT molecular complexity index is 690. The molecule has 20 heavy (non-hydrogen) atoms. The van der Waals surface area contributed by atoms with Crippen LogP contribution in [0.5, 0.6) is 0 Å². The lowest BCUT2D eigenvalue weighted by molar-refractivity contribution is 0.0946. The largest absolute Gasteiger partial charge is 0.385 e. The van der Waals surface area contributed by atoms with Crippen molar-refractivity contribution in [3.63, 3.8) is 0 Å². The van der Waals surface area contributed by atoms with Crippen LogP contribution in [0.4, 0.5) is 0 Å². The second-order valence-corrected chi connectivity index (χ2v) is 5.62. The summed E-state index contributed by atoms with van der Waals surface area (Å²) in [7, 11) is 1.60. The van der Waals surface area contributed by atoms with Crippen molar-refractivity contribution < 1.29 is 9.53 Å². The third-order valence-corrected chi connectivity index (χ3v) is 4.15. The van der Waals surface area contributed by atoms with E-state index in [1.54, 1.807) is 7.11 Å². The number of hydrogen-bond donors (Lipinski definition) is 1. The molecule has 2 aromatic heterocycles. The van der Waals surface area contributed by atoms with E-state index in [0.29, 0.717) is 24.5 Å². The first-order valence-electron chi connectivity index (χ1n) is 6.31. The molecule has 0 spiro atoms. The molecule has 0 bridgehead atoms. The Labute approximate surface area is 120 Å². The highest BCUT2D eigenvalue weighted by Crippen LogP contribution is 2.18. The summed E-state index contributed by atoms with van der Waals surface area (Å²) in [5, 5.41) is 2.70. The van der Waals surface area contributed by atoms with Crippen LogP contribution in [0.1, 0.15) is 27.3 Å². The van der Waals surface area contributed by atoms with Crippen LogP contribution in [0.2, 0.25) is 0 Å². The van der Waals surface area contributed by atoms with Crippen LogP contribution in [0.15, 0.2) is 11.0 Å². The number of amides is 1. The fourth-order valence-corrected chi connectivity index (χ4v) is 2.77. The van der Waals surface area contributed by atoms with E-state index >= 15 is 0 Å². The highest BCUT2D eigenvalue weighted by atomic mass is 32.1. The summed E-state index contributed by atoms with van der Waals surface area (Å²) in [5.74, 6) is -0.392. The van der Waals surface area contributed by atoms with E-state index in [4.69, 9.17) is 4.74 Å². The Balaban J connectivity index is 2.27. The van der Waals surface area contributed by atoms with Crippen LogP contribution in [0, 0.1) is 13.8 Å². The van der Waals surface area contributed by atoms with Crippen molar-refractivity contribution in [2.45, 2.75) is 20.3 Å². The van der Waals surface area contributed by atoms with E-state index in [-0.39, 0.29) is 11.1 Å². The van der Waals surface area contributed by atoms with E-state index in [9.17, 15) is 9.59 Å². The first-order valence-corrected chi connectivity index (χ1v) is 7.12. The Kier molecular flexibility index (Phi) is 4.51. The number of aryl methyl sites for hydroxylation is 2. The molecule has 0 aliphatic rings. The van der Waals surface area contributed by atoms with E-state index in [1.165, 1.54) is 21.9 Å². The molecule has 108 valence electrons. The van der Waals surface area contributed by atoms with Crippen molar-refractivity contribution in [1.82, 2.24) is 14.7 Å². The van der Waals surface area contributed by atoms with Crippen LogP contribution in [-0.4, -0.2) is 35.6 Å². The molecule has 0 aromatic carbocycles. The summed E-state index contributed by atoms with van der Waals surface area (Å²) in [4.78, 5) is 30.1.